The summed E-state index contributed by atoms with van der Waals surface area (Å²) < 4.78 is 2.18. The Morgan fingerprint density at radius 1 is 1.15 bits per heavy atom. The van der Waals surface area contributed by atoms with Gasteiger partial charge in [0.1, 0.15) is 5.82 Å². The summed E-state index contributed by atoms with van der Waals surface area (Å²) in [5.41, 5.74) is 5.46. The van der Waals surface area contributed by atoms with Crippen LogP contribution in [0.5, 0.6) is 0 Å². The molecule has 0 radical (unpaired) electrons. The third-order valence-corrected chi connectivity index (χ3v) is 4.82. The van der Waals surface area contributed by atoms with Crippen molar-refractivity contribution < 1.29 is 4.79 Å². The van der Waals surface area contributed by atoms with Crippen molar-refractivity contribution >= 4 is 33.3 Å². The van der Waals surface area contributed by atoms with Gasteiger partial charge in [-0.15, -0.1) is 0 Å². The molecule has 0 spiro atoms. The zero-order valence-electron chi connectivity index (χ0n) is 15.6. The molecular weight excluding hydrogens is 412 g/mol. The molecular formula is C19H25BrN4O3. The molecule has 2 aromatic rings. The van der Waals surface area contributed by atoms with Crippen molar-refractivity contribution in [2.45, 2.75) is 46.1 Å². The number of hydrogen-bond acceptors (Lipinski definition) is 4. The smallest absolute Gasteiger partial charge is 0.330 e. The summed E-state index contributed by atoms with van der Waals surface area (Å²) in [6, 6.07) is 6.90. The van der Waals surface area contributed by atoms with Crippen molar-refractivity contribution in [1.82, 2.24) is 9.55 Å². The van der Waals surface area contributed by atoms with Gasteiger partial charge in [0.2, 0.25) is 0 Å². The van der Waals surface area contributed by atoms with Crippen LogP contribution in [0.1, 0.15) is 49.9 Å². The lowest BCUT2D eigenvalue weighted by molar-refractivity contribution is 0.0986. The van der Waals surface area contributed by atoms with E-state index >= 15 is 0 Å². The Balaban J connectivity index is 2.55. The van der Waals surface area contributed by atoms with Gasteiger partial charge < -0.3 is 10.6 Å². The van der Waals surface area contributed by atoms with Crippen LogP contribution < -0.4 is 21.9 Å². The fraction of sp³-hybridized carbons (Fsp3) is 0.421. The van der Waals surface area contributed by atoms with Crippen LogP contribution in [0.4, 0.5) is 11.5 Å². The maximum Gasteiger partial charge on any atom is 0.330 e. The van der Waals surface area contributed by atoms with Crippen molar-refractivity contribution in [2.24, 2.45) is 0 Å². The number of hydrogen-bond donors (Lipinski definition) is 2. The maximum atomic E-state index is 13.1. The highest BCUT2D eigenvalue weighted by atomic mass is 79.9. The van der Waals surface area contributed by atoms with Gasteiger partial charge in [-0.25, -0.2) is 4.79 Å². The molecule has 1 amide bonds. The Hall–Kier alpha value is -2.35. The SMILES string of the molecule is CCCCN(C(=O)c1ccc(Br)cc1)c1c(N)n(CCCC)c(=O)[nH]c1=O. The first-order chi connectivity index (χ1) is 12.9. The highest BCUT2D eigenvalue weighted by Crippen LogP contribution is 2.21. The predicted molar refractivity (Wildman–Crippen MR) is 111 cm³/mol. The first-order valence-electron chi connectivity index (χ1n) is 9.10. The largest absolute Gasteiger partial charge is 0.383 e. The number of nitrogens with one attached hydrogen (secondary N) is 1. The summed E-state index contributed by atoms with van der Waals surface area (Å²) in [5, 5.41) is 0. The van der Waals surface area contributed by atoms with E-state index < -0.39 is 11.2 Å². The number of unbranched alkanes of at least 4 members (excludes halogenated alkanes) is 2. The van der Waals surface area contributed by atoms with Gasteiger partial charge in [0.15, 0.2) is 5.69 Å². The molecule has 27 heavy (non-hydrogen) atoms. The molecule has 1 aromatic heterocycles. The quantitative estimate of drug-likeness (QED) is 0.663. The van der Waals surface area contributed by atoms with Crippen LogP contribution in [0.25, 0.3) is 0 Å². The summed E-state index contributed by atoms with van der Waals surface area (Å²) in [5.74, 6) is -0.299. The molecule has 0 fully saturated rings. The average molecular weight is 437 g/mol. The minimum Gasteiger partial charge on any atom is -0.383 e. The molecule has 0 aliphatic carbocycles. The Labute approximate surface area is 166 Å². The molecule has 0 unspecified atom stereocenters. The minimum atomic E-state index is -0.646. The van der Waals surface area contributed by atoms with Crippen LogP contribution in [-0.2, 0) is 6.54 Å². The molecule has 0 atom stereocenters. The van der Waals surface area contributed by atoms with Crippen molar-refractivity contribution in [3.05, 3.63) is 55.1 Å². The molecule has 0 aliphatic heterocycles. The topological polar surface area (TPSA) is 101 Å². The highest BCUT2D eigenvalue weighted by Gasteiger charge is 2.24. The number of nitrogen functional groups attached to an aromatic ring is 1. The Morgan fingerprint density at radius 2 is 1.78 bits per heavy atom. The second-order valence-electron chi connectivity index (χ2n) is 6.32. The maximum absolute atomic E-state index is 13.1. The fourth-order valence-electron chi connectivity index (χ4n) is 2.76. The lowest BCUT2D eigenvalue weighted by atomic mass is 10.1. The van der Waals surface area contributed by atoms with Gasteiger partial charge in [-0.3, -0.25) is 19.1 Å². The van der Waals surface area contributed by atoms with Crippen molar-refractivity contribution in [1.29, 1.82) is 0 Å². The standard InChI is InChI=1S/C19H25BrN4O3/c1-3-5-11-23(18(26)13-7-9-14(20)10-8-13)15-16(21)24(12-6-4-2)19(27)22-17(15)25/h7-10H,3-6,11-12,21H2,1-2H3,(H,22,25,27). The Bertz CT molecular complexity index is 903. The number of aromatic amines is 1. The number of amides is 1. The molecule has 0 bridgehead atoms. The minimum absolute atomic E-state index is 0.0266. The highest BCUT2D eigenvalue weighted by molar-refractivity contribution is 9.10. The molecule has 7 nitrogen and oxygen atoms in total. The predicted octanol–water partition coefficient (Wildman–Crippen LogP) is 3.13. The number of aromatic nitrogens is 2. The third-order valence-electron chi connectivity index (χ3n) is 4.29. The molecule has 3 N–H and O–H groups in total. The van der Waals surface area contributed by atoms with E-state index in [1.807, 2.05) is 13.8 Å². The van der Waals surface area contributed by atoms with E-state index in [1.54, 1.807) is 24.3 Å². The second kappa shape index (κ2) is 9.55. The number of nitrogens with two attached hydrogens (primary N) is 1. The van der Waals surface area contributed by atoms with E-state index in [4.69, 9.17) is 5.73 Å². The van der Waals surface area contributed by atoms with E-state index in [2.05, 4.69) is 20.9 Å². The first kappa shape index (κ1) is 21.0. The summed E-state index contributed by atoms with van der Waals surface area (Å²) in [6.45, 7) is 4.72. The number of rotatable bonds is 8. The molecule has 0 saturated heterocycles. The number of halogens is 1. The van der Waals surface area contributed by atoms with E-state index in [1.165, 1.54) is 9.47 Å². The lowest BCUT2D eigenvalue weighted by Crippen LogP contribution is -2.41. The van der Waals surface area contributed by atoms with Crippen molar-refractivity contribution in [2.75, 3.05) is 17.2 Å². The second-order valence-corrected chi connectivity index (χ2v) is 7.23. The Morgan fingerprint density at radius 3 is 2.37 bits per heavy atom. The average Bonchev–Trinajstić information content (AvgIpc) is 2.64. The van der Waals surface area contributed by atoms with Gasteiger partial charge >= 0.3 is 5.69 Å². The van der Waals surface area contributed by atoms with Crippen LogP contribution in [0.2, 0.25) is 0 Å². The number of carbonyl (C=O) groups is 1. The molecule has 2 rings (SSSR count). The van der Waals surface area contributed by atoms with Gasteiger partial charge in [0, 0.05) is 23.1 Å². The molecule has 1 heterocycles. The van der Waals surface area contributed by atoms with Gasteiger partial charge in [-0.2, -0.15) is 0 Å². The zero-order chi connectivity index (χ0) is 20.0. The number of benzene rings is 1. The summed E-state index contributed by atoms with van der Waals surface area (Å²) in [6.07, 6.45) is 3.16. The molecule has 0 aliphatic rings. The first-order valence-corrected chi connectivity index (χ1v) is 9.90. The van der Waals surface area contributed by atoms with Crippen LogP contribution in [0, 0.1) is 0 Å². The summed E-state index contributed by atoms with van der Waals surface area (Å²) >= 11 is 3.35. The van der Waals surface area contributed by atoms with Crippen molar-refractivity contribution in [3.63, 3.8) is 0 Å². The molecule has 0 saturated carbocycles. The van der Waals surface area contributed by atoms with Crippen LogP contribution in [0.3, 0.4) is 0 Å². The van der Waals surface area contributed by atoms with Gasteiger partial charge in [0.25, 0.3) is 11.5 Å². The van der Waals surface area contributed by atoms with Gasteiger partial charge in [-0.05, 0) is 37.1 Å². The summed E-state index contributed by atoms with van der Waals surface area (Å²) in [7, 11) is 0. The molecule has 8 heteroatoms. The van der Waals surface area contributed by atoms with E-state index in [-0.39, 0.29) is 17.4 Å². The van der Waals surface area contributed by atoms with Gasteiger partial charge in [0.05, 0.1) is 0 Å². The fourth-order valence-corrected chi connectivity index (χ4v) is 3.02. The number of anilines is 2. The Kier molecular flexibility index (Phi) is 7.41. The number of carbonyl (C=O) groups excluding carboxylic acids is 1. The normalized spacial score (nSPS) is 10.8. The number of nitrogens with zero attached hydrogens (tertiary/aromatic N) is 2. The van der Waals surface area contributed by atoms with E-state index in [0.717, 1.165) is 23.7 Å². The summed E-state index contributed by atoms with van der Waals surface area (Å²) in [4.78, 5) is 41.5. The zero-order valence-corrected chi connectivity index (χ0v) is 17.2. The van der Waals surface area contributed by atoms with Crippen LogP contribution >= 0.6 is 15.9 Å². The van der Waals surface area contributed by atoms with Crippen molar-refractivity contribution in [3.8, 4) is 0 Å². The van der Waals surface area contributed by atoms with E-state index in [0.29, 0.717) is 25.1 Å². The molecule has 1 aromatic carbocycles. The lowest BCUT2D eigenvalue weighted by Gasteiger charge is -2.24. The third kappa shape index (κ3) is 4.88. The molecule has 146 valence electrons. The van der Waals surface area contributed by atoms with Crippen LogP contribution in [-0.4, -0.2) is 22.0 Å². The monoisotopic (exact) mass is 436 g/mol. The van der Waals surface area contributed by atoms with Gasteiger partial charge in [-0.1, -0.05) is 42.6 Å². The number of H-pyrrole nitrogens is 1. The van der Waals surface area contributed by atoms with Crippen LogP contribution in [0.15, 0.2) is 38.3 Å². The van der Waals surface area contributed by atoms with E-state index in [9.17, 15) is 14.4 Å².